The van der Waals surface area contributed by atoms with Crippen LogP contribution in [0.4, 0.5) is 10.5 Å². The summed E-state index contributed by atoms with van der Waals surface area (Å²) in [5.74, 6) is 0.534. The van der Waals surface area contributed by atoms with Crippen LogP contribution in [0.5, 0.6) is 5.75 Å². The Balaban J connectivity index is 1.85. The Morgan fingerprint density at radius 2 is 2.15 bits per heavy atom. The van der Waals surface area contributed by atoms with Crippen molar-refractivity contribution in [2.75, 3.05) is 18.6 Å². The van der Waals surface area contributed by atoms with Crippen molar-refractivity contribution in [1.29, 1.82) is 0 Å². The van der Waals surface area contributed by atoms with Crippen LogP contribution in [0.25, 0.3) is 10.9 Å². The van der Waals surface area contributed by atoms with E-state index in [4.69, 9.17) is 9.47 Å². The lowest BCUT2D eigenvalue weighted by atomic mass is 10.1. The minimum Gasteiger partial charge on any atom is -0.481 e. The number of nitrogens with one attached hydrogen (secondary N) is 1. The monoisotopic (exact) mass is 360 g/mol. The third kappa shape index (κ3) is 3.58. The summed E-state index contributed by atoms with van der Waals surface area (Å²) in [4.78, 5) is 25.6. The summed E-state index contributed by atoms with van der Waals surface area (Å²) in [7, 11) is 1.73. The molecule has 2 heterocycles. The second-order valence-corrected chi connectivity index (χ2v) is 7.47. The number of likely N-dealkylation sites (N-methyl/N-ethyl adjacent to an activating group) is 1. The first-order valence-corrected chi connectivity index (χ1v) is 8.53. The lowest BCUT2D eigenvalue weighted by molar-refractivity contribution is -0.120. The number of amides is 2. The molecule has 0 fully saturated rings. The van der Waals surface area contributed by atoms with Gasteiger partial charge >= 0.3 is 6.09 Å². The smallest absolute Gasteiger partial charge is 0.407 e. The van der Waals surface area contributed by atoms with E-state index in [1.807, 2.05) is 39.8 Å². The molecule has 1 aromatic carbocycles. The Morgan fingerprint density at radius 1 is 1.42 bits per heavy atom. The highest BCUT2D eigenvalue weighted by Crippen LogP contribution is 2.38. The molecule has 0 bridgehead atoms. The molecular formula is C18H24N4O4. The molecule has 2 amide bonds. The highest BCUT2D eigenvalue weighted by Gasteiger charge is 2.27. The lowest BCUT2D eigenvalue weighted by Crippen LogP contribution is -2.40. The van der Waals surface area contributed by atoms with Crippen LogP contribution < -0.4 is 15.0 Å². The van der Waals surface area contributed by atoms with Crippen LogP contribution in [0.1, 0.15) is 27.7 Å². The maximum Gasteiger partial charge on any atom is 0.407 e. The van der Waals surface area contributed by atoms with Gasteiger partial charge in [-0.25, -0.2) is 4.79 Å². The molecule has 0 saturated carbocycles. The van der Waals surface area contributed by atoms with Crippen molar-refractivity contribution in [3.63, 3.8) is 0 Å². The molecule has 1 aromatic heterocycles. The van der Waals surface area contributed by atoms with Crippen molar-refractivity contribution in [3.8, 4) is 5.75 Å². The molecule has 8 heteroatoms. The van der Waals surface area contributed by atoms with Crippen LogP contribution in [0.15, 0.2) is 18.3 Å². The van der Waals surface area contributed by atoms with Crippen LogP contribution in [0, 0.1) is 0 Å². The highest BCUT2D eigenvalue weighted by atomic mass is 16.6. The maximum absolute atomic E-state index is 12.0. The quantitative estimate of drug-likeness (QED) is 0.908. The van der Waals surface area contributed by atoms with Gasteiger partial charge in [0.1, 0.15) is 17.0 Å². The number of fused-ring (bicyclic) bond motifs is 3. The molecular weight excluding hydrogens is 336 g/mol. The van der Waals surface area contributed by atoms with Gasteiger partial charge in [0.2, 0.25) is 0 Å². The minimum atomic E-state index is -0.554. The van der Waals surface area contributed by atoms with E-state index >= 15 is 0 Å². The van der Waals surface area contributed by atoms with E-state index in [2.05, 4.69) is 10.4 Å². The van der Waals surface area contributed by atoms with Crippen molar-refractivity contribution in [1.82, 2.24) is 15.1 Å². The zero-order valence-electron chi connectivity index (χ0n) is 15.7. The molecule has 1 N–H and O–H groups in total. The number of anilines is 1. The van der Waals surface area contributed by atoms with Gasteiger partial charge in [0, 0.05) is 18.5 Å². The van der Waals surface area contributed by atoms with Crippen molar-refractivity contribution >= 4 is 28.6 Å². The zero-order valence-corrected chi connectivity index (χ0v) is 15.7. The SMILES string of the molecule is CC(Cn1ncc2ccc3c(c21)N(C)C(=O)CO3)NC(=O)OC(C)(C)C. The molecule has 0 radical (unpaired) electrons. The van der Waals surface area contributed by atoms with E-state index in [-0.39, 0.29) is 18.6 Å². The molecule has 1 atom stereocenters. The van der Waals surface area contributed by atoms with Crippen LogP contribution in [0.3, 0.4) is 0 Å². The average Bonchev–Trinajstić information content (AvgIpc) is 2.91. The summed E-state index contributed by atoms with van der Waals surface area (Å²) < 4.78 is 12.6. The molecule has 1 aliphatic heterocycles. The number of alkyl carbamates (subject to hydrolysis) is 1. The summed E-state index contributed by atoms with van der Waals surface area (Å²) in [6, 6.07) is 3.54. The van der Waals surface area contributed by atoms with Gasteiger partial charge in [0.15, 0.2) is 6.61 Å². The molecule has 2 aromatic rings. The largest absolute Gasteiger partial charge is 0.481 e. The van der Waals surface area contributed by atoms with Crippen LogP contribution in [-0.4, -0.2) is 47.1 Å². The summed E-state index contributed by atoms with van der Waals surface area (Å²) in [5.41, 5.74) is 0.943. The number of rotatable bonds is 3. The number of nitrogens with zero attached hydrogens (tertiary/aromatic N) is 3. The summed E-state index contributed by atoms with van der Waals surface area (Å²) in [6.07, 6.45) is 1.27. The van der Waals surface area contributed by atoms with Crippen molar-refractivity contribution in [2.45, 2.75) is 45.9 Å². The Labute approximate surface area is 152 Å². The van der Waals surface area contributed by atoms with Crippen molar-refractivity contribution in [3.05, 3.63) is 18.3 Å². The molecule has 0 aliphatic carbocycles. The third-order valence-corrected chi connectivity index (χ3v) is 4.01. The maximum atomic E-state index is 12.0. The Kier molecular flexibility index (Phi) is 4.52. The molecule has 0 spiro atoms. The topological polar surface area (TPSA) is 85.7 Å². The highest BCUT2D eigenvalue weighted by molar-refractivity contribution is 6.06. The predicted molar refractivity (Wildman–Crippen MR) is 97.5 cm³/mol. The van der Waals surface area contributed by atoms with E-state index in [9.17, 15) is 9.59 Å². The molecule has 26 heavy (non-hydrogen) atoms. The van der Waals surface area contributed by atoms with Gasteiger partial charge < -0.3 is 19.7 Å². The lowest BCUT2D eigenvalue weighted by Gasteiger charge is -2.27. The van der Waals surface area contributed by atoms with Gasteiger partial charge in [0.25, 0.3) is 5.91 Å². The molecule has 0 saturated heterocycles. The average molecular weight is 360 g/mol. The summed E-state index contributed by atoms with van der Waals surface area (Å²) in [6.45, 7) is 7.78. The van der Waals surface area contributed by atoms with Gasteiger partial charge in [-0.1, -0.05) is 0 Å². The fourth-order valence-electron chi connectivity index (χ4n) is 2.90. The van der Waals surface area contributed by atoms with Crippen molar-refractivity contribution < 1.29 is 19.1 Å². The molecule has 3 rings (SSSR count). The van der Waals surface area contributed by atoms with Gasteiger partial charge in [-0.3, -0.25) is 9.48 Å². The number of aromatic nitrogens is 2. The van der Waals surface area contributed by atoms with E-state index in [1.165, 1.54) is 0 Å². The van der Waals surface area contributed by atoms with Crippen LogP contribution in [0.2, 0.25) is 0 Å². The van der Waals surface area contributed by atoms with Crippen LogP contribution in [-0.2, 0) is 16.1 Å². The normalized spacial score (nSPS) is 15.4. The molecule has 140 valence electrons. The van der Waals surface area contributed by atoms with E-state index in [0.717, 1.165) is 10.9 Å². The van der Waals surface area contributed by atoms with Crippen molar-refractivity contribution in [2.24, 2.45) is 0 Å². The number of carbonyl (C=O) groups excluding carboxylic acids is 2. The molecule has 1 aliphatic rings. The fourth-order valence-corrected chi connectivity index (χ4v) is 2.90. The standard InChI is InChI=1S/C18H24N4O4/c1-11(20-17(24)26-18(2,3)4)9-22-15-12(8-19-22)6-7-13-16(15)21(5)14(23)10-25-13/h6-8,11H,9-10H2,1-5H3,(H,20,24). The number of hydrogen-bond donors (Lipinski definition) is 1. The van der Waals surface area contributed by atoms with Crippen LogP contribution >= 0.6 is 0 Å². The van der Waals surface area contributed by atoms with E-state index < -0.39 is 11.7 Å². The number of benzene rings is 1. The van der Waals surface area contributed by atoms with Gasteiger partial charge in [-0.15, -0.1) is 0 Å². The molecule has 1 unspecified atom stereocenters. The van der Waals surface area contributed by atoms with E-state index in [1.54, 1.807) is 22.8 Å². The predicted octanol–water partition coefficient (Wildman–Crippen LogP) is 2.30. The Hall–Kier alpha value is -2.77. The van der Waals surface area contributed by atoms with Gasteiger partial charge in [-0.2, -0.15) is 5.10 Å². The second-order valence-electron chi connectivity index (χ2n) is 7.47. The Bertz CT molecular complexity index is 853. The minimum absolute atomic E-state index is 0.0275. The van der Waals surface area contributed by atoms with E-state index in [0.29, 0.717) is 18.0 Å². The third-order valence-electron chi connectivity index (χ3n) is 4.01. The van der Waals surface area contributed by atoms with Gasteiger partial charge in [0.05, 0.1) is 18.3 Å². The second kappa shape index (κ2) is 6.51. The Morgan fingerprint density at radius 3 is 2.85 bits per heavy atom. The first-order valence-electron chi connectivity index (χ1n) is 8.53. The van der Waals surface area contributed by atoms with Gasteiger partial charge in [-0.05, 0) is 39.8 Å². The summed E-state index contributed by atoms with van der Waals surface area (Å²) in [5, 5.41) is 8.12. The first kappa shape index (κ1) is 18.0. The first-order chi connectivity index (χ1) is 12.2. The summed E-state index contributed by atoms with van der Waals surface area (Å²) >= 11 is 0. The fraction of sp³-hybridized carbons (Fsp3) is 0.500. The number of ether oxygens (including phenoxy) is 2. The number of hydrogen-bond acceptors (Lipinski definition) is 5. The number of carbonyl (C=O) groups is 2. The zero-order chi connectivity index (χ0) is 19.1. The molecule has 8 nitrogen and oxygen atoms in total.